The fourth-order valence-corrected chi connectivity index (χ4v) is 4.19. The van der Waals surface area contributed by atoms with E-state index in [0.29, 0.717) is 10.9 Å². The third-order valence-electron chi connectivity index (χ3n) is 5.27. The number of carbonyl (C=O) groups is 1. The quantitative estimate of drug-likeness (QED) is 0.818. The zero-order valence-corrected chi connectivity index (χ0v) is 15.3. The average molecular weight is 356 g/mol. The number of likely N-dealkylation sites (tertiary alicyclic amines) is 1. The summed E-state index contributed by atoms with van der Waals surface area (Å²) in [4.78, 5) is 17.4. The van der Waals surface area contributed by atoms with Crippen LogP contribution in [0.4, 0.5) is 16.2 Å². The van der Waals surface area contributed by atoms with Gasteiger partial charge in [0.15, 0.2) is 0 Å². The maximum absolute atomic E-state index is 13.1. The van der Waals surface area contributed by atoms with Gasteiger partial charge in [0, 0.05) is 34.9 Å². The molecule has 0 bridgehead atoms. The van der Waals surface area contributed by atoms with Crippen molar-refractivity contribution in [2.45, 2.75) is 25.3 Å². The number of benzene rings is 2. The number of urea groups is 1. The highest BCUT2D eigenvalue weighted by atomic mass is 35.5. The first kappa shape index (κ1) is 16.4. The summed E-state index contributed by atoms with van der Waals surface area (Å²) in [6.07, 6.45) is 0.989. The van der Waals surface area contributed by atoms with Gasteiger partial charge in [-0.25, -0.2) is 4.79 Å². The number of fused-ring (bicyclic) bond motifs is 3. The van der Waals surface area contributed by atoms with E-state index >= 15 is 0 Å². The number of halogens is 1. The van der Waals surface area contributed by atoms with E-state index in [1.165, 1.54) is 11.1 Å². The number of hydrogen-bond acceptors (Lipinski definition) is 2. The molecule has 5 heteroatoms. The molecule has 2 aliphatic rings. The van der Waals surface area contributed by atoms with E-state index in [2.05, 4.69) is 42.4 Å². The molecule has 4 nitrogen and oxygen atoms in total. The van der Waals surface area contributed by atoms with Crippen molar-refractivity contribution in [2.75, 3.05) is 30.4 Å². The van der Waals surface area contributed by atoms with E-state index in [9.17, 15) is 4.79 Å². The van der Waals surface area contributed by atoms with Gasteiger partial charge in [0.25, 0.3) is 0 Å². The molecule has 0 saturated carbocycles. The standard InChI is InChI=1S/C20H22ClN3O/c1-13-3-8-18-16(11-13)17-12-23(2)10-9-19(17)24(18)20(25)22-15-6-4-14(21)5-7-15/h3-8,11,17,19H,9-10,12H2,1-2H3,(H,22,25)/t17-,19-/m1/s1. The molecule has 2 amide bonds. The van der Waals surface area contributed by atoms with Crippen molar-refractivity contribution in [3.63, 3.8) is 0 Å². The van der Waals surface area contributed by atoms with Gasteiger partial charge in [0.1, 0.15) is 0 Å². The summed E-state index contributed by atoms with van der Waals surface area (Å²) in [5.41, 5.74) is 4.34. The summed E-state index contributed by atoms with van der Waals surface area (Å²) < 4.78 is 0. The molecule has 1 saturated heterocycles. The summed E-state index contributed by atoms with van der Waals surface area (Å²) in [6, 6.07) is 13.8. The Morgan fingerprint density at radius 2 is 1.96 bits per heavy atom. The second-order valence-corrected chi connectivity index (χ2v) is 7.53. The van der Waals surface area contributed by atoms with Gasteiger partial charge in [-0.2, -0.15) is 0 Å². The predicted octanol–water partition coefficient (Wildman–Crippen LogP) is 4.49. The van der Waals surface area contributed by atoms with Gasteiger partial charge in [-0.3, -0.25) is 4.90 Å². The maximum atomic E-state index is 13.1. The molecule has 2 heterocycles. The Hall–Kier alpha value is -2.04. The number of nitrogens with zero attached hydrogens (tertiary/aromatic N) is 2. The van der Waals surface area contributed by atoms with Gasteiger partial charge in [0.2, 0.25) is 0 Å². The highest BCUT2D eigenvalue weighted by Gasteiger charge is 2.43. The smallest absolute Gasteiger partial charge is 0.308 e. The van der Waals surface area contributed by atoms with E-state index < -0.39 is 0 Å². The predicted molar refractivity (Wildman–Crippen MR) is 103 cm³/mol. The lowest BCUT2D eigenvalue weighted by molar-refractivity contribution is 0.224. The first-order valence-electron chi connectivity index (χ1n) is 8.68. The van der Waals surface area contributed by atoms with Crippen molar-refractivity contribution in [1.29, 1.82) is 0 Å². The monoisotopic (exact) mass is 355 g/mol. The van der Waals surface area contributed by atoms with Crippen molar-refractivity contribution < 1.29 is 4.79 Å². The fraction of sp³-hybridized carbons (Fsp3) is 0.350. The van der Waals surface area contributed by atoms with Crippen LogP contribution in [0.2, 0.25) is 5.02 Å². The van der Waals surface area contributed by atoms with Crippen LogP contribution in [0.15, 0.2) is 42.5 Å². The van der Waals surface area contributed by atoms with E-state index in [4.69, 9.17) is 11.6 Å². The van der Waals surface area contributed by atoms with Crippen LogP contribution in [0.3, 0.4) is 0 Å². The molecule has 0 aliphatic carbocycles. The Morgan fingerprint density at radius 1 is 1.20 bits per heavy atom. The molecule has 1 N–H and O–H groups in total. The lowest BCUT2D eigenvalue weighted by Crippen LogP contribution is -2.48. The number of aryl methyl sites for hydroxylation is 1. The van der Waals surface area contributed by atoms with Crippen molar-refractivity contribution in [2.24, 2.45) is 0 Å². The number of rotatable bonds is 1. The molecule has 0 radical (unpaired) electrons. The minimum absolute atomic E-state index is 0.0653. The number of piperidine rings is 1. The van der Waals surface area contributed by atoms with E-state index in [0.717, 1.165) is 30.9 Å². The molecule has 2 aromatic rings. The van der Waals surface area contributed by atoms with Crippen LogP contribution in [-0.4, -0.2) is 37.1 Å². The van der Waals surface area contributed by atoms with E-state index in [1.807, 2.05) is 17.0 Å². The van der Waals surface area contributed by atoms with Crippen LogP contribution in [0, 0.1) is 6.92 Å². The van der Waals surface area contributed by atoms with Gasteiger partial charge >= 0.3 is 6.03 Å². The van der Waals surface area contributed by atoms with Crippen molar-refractivity contribution in [1.82, 2.24) is 4.90 Å². The van der Waals surface area contributed by atoms with E-state index in [1.54, 1.807) is 12.1 Å². The van der Waals surface area contributed by atoms with Crippen LogP contribution < -0.4 is 10.2 Å². The average Bonchev–Trinajstić information content (AvgIpc) is 2.90. The van der Waals surface area contributed by atoms with Gasteiger partial charge < -0.3 is 10.2 Å². The second-order valence-electron chi connectivity index (χ2n) is 7.09. The first-order chi connectivity index (χ1) is 12.0. The summed E-state index contributed by atoms with van der Waals surface area (Å²) >= 11 is 5.93. The minimum Gasteiger partial charge on any atom is -0.308 e. The summed E-state index contributed by atoms with van der Waals surface area (Å²) in [6.45, 7) is 4.11. The van der Waals surface area contributed by atoms with E-state index in [-0.39, 0.29) is 12.1 Å². The number of anilines is 2. The molecule has 130 valence electrons. The molecule has 2 atom stereocenters. The Bertz CT molecular complexity index is 805. The molecule has 2 aromatic carbocycles. The second kappa shape index (κ2) is 6.36. The summed E-state index contributed by atoms with van der Waals surface area (Å²) in [5.74, 6) is 0.379. The Labute approximate surface area is 153 Å². The Kier molecular flexibility index (Phi) is 4.18. The zero-order chi connectivity index (χ0) is 17.6. The largest absolute Gasteiger partial charge is 0.326 e. The van der Waals surface area contributed by atoms with Gasteiger partial charge in [0.05, 0.1) is 0 Å². The van der Waals surface area contributed by atoms with Crippen LogP contribution in [0.5, 0.6) is 0 Å². The number of hydrogen-bond donors (Lipinski definition) is 1. The number of amides is 2. The van der Waals surface area contributed by atoms with Gasteiger partial charge in [-0.15, -0.1) is 0 Å². The van der Waals surface area contributed by atoms with Gasteiger partial charge in [-0.05, 0) is 62.8 Å². The lowest BCUT2D eigenvalue weighted by Gasteiger charge is -2.36. The third-order valence-corrected chi connectivity index (χ3v) is 5.52. The summed E-state index contributed by atoms with van der Waals surface area (Å²) in [7, 11) is 2.15. The number of nitrogens with one attached hydrogen (secondary N) is 1. The maximum Gasteiger partial charge on any atom is 0.326 e. The molecular formula is C20H22ClN3O. The number of likely N-dealkylation sites (N-methyl/N-ethyl adjacent to an activating group) is 1. The van der Waals surface area contributed by atoms with Gasteiger partial charge in [-0.1, -0.05) is 29.3 Å². The topological polar surface area (TPSA) is 35.6 Å². The highest BCUT2D eigenvalue weighted by Crippen LogP contribution is 2.45. The van der Waals surface area contributed by atoms with Crippen LogP contribution in [0.25, 0.3) is 0 Å². The summed E-state index contributed by atoms with van der Waals surface area (Å²) in [5, 5.41) is 3.69. The Balaban J connectivity index is 1.66. The van der Waals surface area contributed by atoms with Crippen LogP contribution in [-0.2, 0) is 0 Å². The molecule has 1 fully saturated rings. The third kappa shape index (κ3) is 3.00. The van der Waals surface area contributed by atoms with Crippen molar-refractivity contribution >= 4 is 29.0 Å². The lowest BCUT2D eigenvalue weighted by atomic mass is 9.89. The van der Waals surface area contributed by atoms with Crippen molar-refractivity contribution in [3.05, 3.63) is 58.6 Å². The molecule has 2 aliphatic heterocycles. The van der Waals surface area contributed by atoms with Crippen LogP contribution in [0.1, 0.15) is 23.5 Å². The highest BCUT2D eigenvalue weighted by molar-refractivity contribution is 6.30. The number of carbonyl (C=O) groups excluding carboxylic acids is 1. The first-order valence-corrected chi connectivity index (χ1v) is 9.05. The molecular weight excluding hydrogens is 334 g/mol. The normalized spacial score (nSPS) is 22.4. The SMILES string of the molecule is Cc1ccc2c(c1)[C@H]1CN(C)CC[C@H]1N2C(=O)Nc1ccc(Cl)cc1. The zero-order valence-electron chi connectivity index (χ0n) is 14.5. The minimum atomic E-state index is -0.0653. The molecule has 0 spiro atoms. The van der Waals surface area contributed by atoms with Crippen molar-refractivity contribution in [3.8, 4) is 0 Å². The van der Waals surface area contributed by atoms with Crippen LogP contribution >= 0.6 is 11.6 Å². The molecule has 25 heavy (non-hydrogen) atoms. The molecule has 0 aromatic heterocycles. The molecule has 0 unspecified atom stereocenters. The Morgan fingerprint density at radius 3 is 2.72 bits per heavy atom. The molecule has 4 rings (SSSR count). The fourth-order valence-electron chi connectivity index (χ4n) is 4.06.